The summed E-state index contributed by atoms with van der Waals surface area (Å²) in [5.41, 5.74) is 2.66. The van der Waals surface area contributed by atoms with E-state index in [1.54, 1.807) is 0 Å². The lowest BCUT2D eigenvalue weighted by Crippen LogP contribution is -2.16. The van der Waals surface area contributed by atoms with E-state index in [0.717, 1.165) is 25.6 Å². The number of hydrogen-bond donors (Lipinski definition) is 1. The Morgan fingerprint density at radius 1 is 1.00 bits per heavy atom. The predicted octanol–water partition coefficient (Wildman–Crippen LogP) is 4.37. The van der Waals surface area contributed by atoms with Crippen LogP contribution in [0.15, 0.2) is 39.3 Å². The lowest BCUT2D eigenvalue weighted by atomic mass is 9.97. The van der Waals surface area contributed by atoms with Crippen LogP contribution in [0.1, 0.15) is 22.8 Å². The highest BCUT2D eigenvalue weighted by molar-refractivity contribution is 9.10. The Morgan fingerprint density at radius 3 is 2.38 bits per heavy atom. The van der Waals surface area contributed by atoms with Gasteiger partial charge in [-0.25, -0.2) is 0 Å². The molecule has 0 radical (unpaired) electrons. The van der Waals surface area contributed by atoms with Crippen LogP contribution in [0.25, 0.3) is 0 Å². The van der Waals surface area contributed by atoms with Crippen molar-refractivity contribution in [3.63, 3.8) is 0 Å². The molecule has 0 fully saturated rings. The van der Waals surface area contributed by atoms with E-state index in [1.165, 1.54) is 0 Å². The number of aliphatic hydroxyl groups excluding tert-OH is 1. The molecule has 1 unspecified atom stereocenters. The van der Waals surface area contributed by atoms with E-state index in [1.807, 2.05) is 37.3 Å². The molecule has 0 aliphatic carbocycles. The van der Waals surface area contributed by atoms with Crippen LogP contribution >= 0.6 is 31.9 Å². The Hall–Kier alpha value is -1.04. The minimum absolute atomic E-state index is 0.528. The highest BCUT2D eigenvalue weighted by Crippen LogP contribution is 2.40. The van der Waals surface area contributed by atoms with Crippen molar-refractivity contribution in [2.75, 3.05) is 13.2 Å². The Bertz CT molecular complexity index is 685. The summed E-state index contributed by atoms with van der Waals surface area (Å²) in [6.07, 6.45) is -0.729. The number of aryl methyl sites for hydroxylation is 1. The van der Waals surface area contributed by atoms with Crippen molar-refractivity contribution in [2.24, 2.45) is 0 Å². The first-order valence-corrected chi connectivity index (χ1v) is 8.18. The van der Waals surface area contributed by atoms with Crippen molar-refractivity contribution in [3.8, 4) is 11.5 Å². The topological polar surface area (TPSA) is 38.7 Å². The molecule has 0 bridgehead atoms. The van der Waals surface area contributed by atoms with Crippen LogP contribution in [0.2, 0.25) is 0 Å². The molecular weight excluding hydrogens is 400 g/mol. The molecular formula is C16H14Br2O3. The van der Waals surface area contributed by atoms with Crippen LogP contribution in [0.4, 0.5) is 0 Å². The van der Waals surface area contributed by atoms with E-state index in [2.05, 4.69) is 31.9 Å². The zero-order valence-corrected chi connectivity index (χ0v) is 14.6. The molecule has 1 aliphatic rings. The summed E-state index contributed by atoms with van der Waals surface area (Å²) >= 11 is 6.96. The third-order valence-electron chi connectivity index (χ3n) is 3.49. The average molecular weight is 414 g/mol. The molecule has 0 aromatic heterocycles. The van der Waals surface area contributed by atoms with Crippen LogP contribution in [0.5, 0.6) is 11.5 Å². The molecule has 0 saturated carbocycles. The quantitative estimate of drug-likeness (QED) is 0.794. The minimum Gasteiger partial charge on any atom is -0.486 e. The highest BCUT2D eigenvalue weighted by Gasteiger charge is 2.21. The van der Waals surface area contributed by atoms with Gasteiger partial charge in [0.1, 0.15) is 19.3 Å². The molecule has 2 aromatic rings. The van der Waals surface area contributed by atoms with Gasteiger partial charge in [-0.05, 0) is 42.3 Å². The van der Waals surface area contributed by atoms with Crippen LogP contribution in [0, 0.1) is 6.92 Å². The third-order valence-corrected chi connectivity index (χ3v) is 4.67. The lowest BCUT2D eigenvalue weighted by molar-refractivity contribution is 0.169. The molecule has 21 heavy (non-hydrogen) atoms. The van der Waals surface area contributed by atoms with Gasteiger partial charge in [0.15, 0.2) is 11.5 Å². The third kappa shape index (κ3) is 2.96. The standard InChI is InChI=1S/C16H14Br2O3/c1-9-2-3-10(17)6-11(9)16(19)12-7-14-15(8-13(12)18)21-5-4-20-14/h2-3,6-8,16,19H,4-5H2,1H3. The van der Waals surface area contributed by atoms with E-state index in [9.17, 15) is 5.11 Å². The fourth-order valence-corrected chi connectivity index (χ4v) is 3.28. The van der Waals surface area contributed by atoms with Crippen molar-refractivity contribution in [2.45, 2.75) is 13.0 Å². The first-order valence-electron chi connectivity index (χ1n) is 6.59. The van der Waals surface area contributed by atoms with E-state index >= 15 is 0 Å². The molecule has 2 aromatic carbocycles. The molecule has 0 saturated heterocycles. The Balaban J connectivity index is 2.05. The molecule has 0 amide bonds. The fraction of sp³-hybridized carbons (Fsp3) is 0.250. The van der Waals surface area contributed by atoms with Crippen LogP contribution < -0.4 is 9.47 Å². The summed E-state index contributed by atoms with van der Waals surface area (Å²) in [5, 5.41) is 10.7. The van der Waals surface area contributed by atoms with E-state index in [0.29, 0.717) is 24.7 Å². The van der Waals surface area contributed by atoms with Gasteiger partial charge in [-0.2, -0.15) is 0 Å². The van der Waals surface area contributed by atoms with Gasteiger partial charge in [0.2, 0.25) is 0 Å². The molecule has 5 heteroatoms. The maximum atomic E-state index is 10.7. The second-order valence-electron chi connectivity index (χ2n) is 4.92. The van der Waals surface area contributed by atoms with Crippen LogP contribution in [0.3, 0.4) is 0 Å². The normalized spacial score (nSPS) is 14.9. The van der Waals surface area contributed by atoms with Crippen LogP contribution in [-0.4, -0.2) is 18.3 Å². The summed E-state index contributed by atoms with van der Waals surface area (Å²) in [5.74, 6) is 1.38. The van der Waals surface area contributed by atoms with Crippen LogP contribution in [-0.2, 0) is 0 Å². The number of rotatable bonds is 2. The molecule has 3 nitrogen and oxygen atoms in total. The van der Waals surface area contributed by atoms with Gasteiger partial charge in [0, 0.05) is 14.5 Å². The SMILES string of the molecule is Cc1ccc(Br)cc1C(O)c1cc2c(cc1Br)OCCO2. The maximum Gasteiger partial charge on any atom is 0.162 e. The second kappa shape index (κ2) is 5.99. The fourth-order valence-electron chi connectivity index (χ4n) is 2.36. The number of ether oxygens (including phenoxy) is 2. The number of halogens is 2. The lowest BCUT2D eigenvalue weighted by Gasteiger charge is -2.22. The Morgan fingerprint density at radius 2 is 1.67 bits per heavy atom. The summed E-state index contributed by atoms with van der Waals surface area (Å²) in [4.78, 5) is 0. The molecule has 3 rings (SSSR count). The number of fused-ring (bicyclic) bond motifs is 1. The van der Waals surface area contributed by atoms with Gasteiger partial charge in [-0.3, -0.25) is 0 Å². The van der Waals surface area contributed by atoms with Crippen molar-refractivity contribution in [1.29, 1.82) is 0 Å². The molecule has 0 spiro atoms. The average Bonchev–Trinajstić information content (AvgIpc) is 2.48. The first-order chi connectivity index (χ1) is 10.1. The largest absolute Gasteiger partial charge is 0.486 e. The van der Waals surface area contributed by atoms with Gasteiger partial charge < -0.3 is 14.6 Å². The van der Waals surface area contributed by atoms with Gasteiger partial charge in [0.25, 0.3) is 0 Å². The smallest absolute Gasteiger partial charge is 0.162 e. The zero-order chi connectivity index (χ0) is 15.0. The first kappa shape index (κ1) is 14.9. The van der Waals surface area contributed by atoms with Crippen molar-refractivity contribution >= 4 is 31.9 Å². The molecule has 1 N–H and O–H groups in total. The van der Waals surface area contributed by atoms with Gasteiger partial charge >= 0.3 is 0 Å². The monoisotopic (exact) mass is 412 g/mol. The Labute approximate surface area is 140 Å². The molecule has 1 heterocycles. The van der Waals surface area contributed by atoms with E-state index < -0.39 is 6.10 Å². The van der Waals surface area contributed by atoms with Gasteiger partial charge in [0.05, 0.1) is 0 Å². The van der Waals surface area contributed by atoms with Crippen molar-refractivity contribution in [1.82, 2.24) is 0 Å². The number of aliphatic hydroxyl groups is 1. The zero-order valence-electron chi connectivity index (χ0n) is 11.4. The van der Waals surface area contributed by atoms with E-state index in [-0.39, 0.29) is 0 Å². The minimum atomic E-state index is -0.729. The van der Waals surface area contributed by atoms with Crippen molar-refractivity contribution in [3.05, 3.63) is 56.0 Å². The molecule has 1 aliphatic heterocycles. The maximum absolute atomic E-state index is 10.7. The molecule has 1 atom stereocenters. The van der Waals surface area contributed by atoms with Crippen molar-refractivity contribution < 1.29 is 14.6 Å². The predicted molar refractivity (Wildman–Crippen MR) is 88.1 cm³/mol. The van der Waals surface area contributed by atoms with Gasteiger partial charge in [-0.15, -0.1) is 0 Å². The van der Waals surface area contributed by atoms with Gasteiger partial charge in [-0.1, -0.05) is 37.9 Å². The highest BCUT2D eigenvalue weighted by atomic mass is 79.9. The van der Waals surface area contributed by atoms with E-state index in [4.69, 9.17) is 9.47 Å². The Kier molecular flexibility index (Phi) is 4.24. The summed E-state index contributed by atoms with van der Waals surface area (Å²) in [6.45, 7) is 3.06. The number of hydrogen-bond acceptors (Lipinski definition) is 3. The molecule has 110 valence electrons. The summed E-state index contributed by atoms with van der Waals surface area (Å²) in [7, 11) is 0. The summed E-state index contributed by atoms with van der Waals surface area (Å²) in [6, 6.07) is 9.56. The number of benzene rings is 2. The summed E-state index contributed by atoms with van der Waals surface area (Å²) < 4.78 is 12.9. The second-order valence-corrected chi connectivity index (χ2v) is 6.69.